The summed E-state index contributed by atoms with van der Waals surface area (Å²) in [6.07, 6.45) is 1.84. The Balaban J connectivity index is 1.93. The minimum absolute atomic E-state index is 0.188. The molecule has 6 heteroatoms. The molecule has 0 radical (unpaired) electrons. The van der Waals surface area contributed by atoms with Gasteiger partial charge in [0.05, 0.1) is 33.5 Å². The summed E-state index contributed by atoms with van der Waals surface area (Å²) in [6, 6.07) is 12.9. The standard InChI is InChI=1S/C19H22N2O4/c1-23-13-16-10-15(6-9-18(16)25-3)12-20-21-19(22)11-14-4-7-17(24-2)8-5-14/h4-10,12H,11,13H2,1-3H3,(H,21,22). The lowest BCUT2D eigenvalue weighted by Crippen LogP contribution is -2.19. The number of nitrogens with one attached hydrogen (secondary N) is 1. The van der Waals surface area contributed by atoms with Crippen molar-refractivity contribution < 1.29 is 19.0 Å². The first-order valence-electron chi connectivity index (χ1n) is 7.77. The van der Waals surface area contributed by atoms with Crippen LogP contribution in [0.2, 0.25) is 0 Å². The summed E-state index contributed by atoms with van der Waals surface area (Å²) in [6.45, 7) is 0.439. The molecule has 0 aliphatic heterocycles. The second-order valence-corrected chi connectivity index (χ2v) is 5.32. The summed E-state index contributed by atoms with van der Waals surface area (Å²) in [7, 11) is 4.84. The third-order valence-corrected chi connectivity index (χ3v) is 3.53. The molecule has 0 saturated carbocycles. The Morgan fingerprint density at radius 3 is 2.48 bits per heavy atom. The molecular formula is C19H22N2O4. The van der Waals surface area contributed by atoms with Gasteiger partial charge in [-0.25, -0.2) is 5.43 Å². The first-order valence-corrected chi connectivity index (χ1v) is 7.77. The van der Waals surface area contributed by atoms with Crippen molar-refractivity contribution in [2.75, 3.05) is 21.3 Å². The number of nitrogens with zero attached hydrogens (tertiary/aromatic N) is 1. The minimum Gasteiger partial charge on any atom is -0.497 e. The highest BCUT2D eigenvalue weighted by molar-refractivity contribution is 5.83. The first-order chi connectivity index (χ1) is 12.2. The predicted octanol–water partition coefficient (Wildman–Crippen LogP) is 2.54. The van der Waals surface area contributed by atoms with E-state index < -0.39 is 0 Å². The summed E-state index contributed by atoms with van der Waals surface area (Å²) < 4.78 is 15.5. The number of hydrazone groups is 1. The van der Waals surface area contributed by atoms with Crippen LogP contribution in [0, 0.1) is 0 Å². The molecule has 0 saturated heterocycles. The van der Waals surface area contributed by atoms with Crippen molar-refractivity contribution in [3.05, 3.63) is 59.2 Å². The Hall–Kier alpha value is -2.86. The lowest BCUT2D eigenvalue weighted by atomic mass is 10.1. The predicted molar refractivity (Wildman–Crippen MR) is 96.1 cm³/mol. The molecule has 0 heterocycles. The number of benzene rings is 2. The molecule has 0 bridgehead atoms. The summed E-state index contributed by atoms with van der Waals surface area (Å²) in [5.74, 6) is 1.32. The number of hydrogen-bond donors (Lipinski definition) is 1. The van der Waals surface area contributed by atoms with Gasteiger partial charge in [-0.3, -0.25) is 4.79 Å². The Labute approximate surface area is 147 Å². The monoisotopic (exact) mass is 342 g/mol. The zero-order chi connectivity index (χ0) is 18.1. The van der Waals surface area contributed by atoms with E-state index in [9.17, 15) is 4.79 Å². The maximum atomic E-state index is 11.9. The molecule has 2 rings (SSSR count). The number of methoxy groups -OCH3 is 3. The normalized spacial score (nSPS) is 10.7. The third-order valence-electron chi connectivity index (χ3n) is 3.53. The van der Waals surface area contributed by atoms with Gasteiger partial charge in [0.1, 0.15) is 11.5 Å². The van der Waals surface area contributed by atoms with Crippen molar-refractivity contribution in [3.8, 4) is 11.5 Å². The molecule has 132 valence electrons. The van der Waals surface area contributed by atoms with Crippen molar-refractivity contribution in [2.45, 2.75) is 13.0 Å². The summed E-state index contributed by atoms with van der Waals surface area (Å²) in [5, 5.41) is 4.00. The molecule has 2 aromatic carbocycles. The highest BCUT2D eigenvalue weighted by atomic mass is 16.5. The van der Waals surface area contributed by atoms with Gasteiger partial charge in [0, 0.05) is 12.7 Å². The van der Waals surface area contributed by atoms with Crippen LogP contribution in [-0.2, 0) is 22.6 Å². The Bertz CT molecular complexity index is 727. The van der Waals surface area contributed by atoms with Crippen LogP contribution in [-0.4, -0.2) is 33.5 Å². The fourth-order valence-electron chi connectivity index (χ4n) is 2.29. The number of carbonyl (C=O) groups excluding carboxylic acids is 1. The minimum atomic E-state index is -0.188. The van der Waals surface area contributed by atoms with Gasteiger partial charge in [0.15, 0.2) is 0 Å². The smallest absolute Gasteiger partial charge is 0.244 e. The third kappa shape index (κ3) is 5.61. The zero-order valence-corrected chi connectivity index (χ0v) is 14.6. The molecule has 0 aliphatic carbocycles. The van der Waals surface area contributed by atoms with E-state index in [0.29, 0.717) is 6.61 Å². The van der Waals surface area contributed by atoms with E-state index in [4.69, 9.17) is 14.2 Å². The molecule has 0 fully saturated rings. The molecule has 1 amide bonds. The summed E-state index contributed by atoms with van der Waals surface area (Å²) in [4.78, 5) is 11.9. The number of rotatable bonds is 8. The van der Waals surface area contributed by atoms with Crippen molar-refractivity contribution in [1.82, 2.24) is 5.43 Å². The topological polar surface area (TPSA) is 69.2 Å². The highest BCUT2D eigenvalue weighted by Crippen LogP contribution is 2.19. The number of carbonyl (C=O) groups is 1. The van der Waals surface area contributed by atoms with Crippen LogP contribution in [0.15, 0.2) is 47.6 Å². The molecule has 0 atom stereocenters. The number of ether oxygens (including phenoxy) is 3. The molecule has 0 aromatic heterocycles. The van der Waals surface area contributed by atoms with Crippen LogP contribution in [0.3, 0.4) is 0 Å². The SMILES string of the molecule is COCc1cc(C=NNC(=O)Cc2ccc(OC)cc2)ccc1OC. The molecular weight excluding hydrogens is 320 g/mol. The highest BCUT2D eigenvalue weighted by Gasteiger charge is 2.04. The Kier molecular flexibility index (Phi) is 6.98. The van der Waals surface area contributed by atoms with Gasteiger partial charge in [0.25, 0.3) is 0 Å². The fraction of sp³-hybridized carbons (Fsp3) is 0.263. The van der Waals surface area contributed by atoms with Crippen molar-refractivity contribution in [2.24, 2.45) is 5.10 Å². The van der Waals surface area contributed by atoms with Gasteiger partial charge in [-0.2, -0.15) is 5.10 Å². The number of amides is 1. The average molecular weight is 342 g/mol. The Morgan fingerprint density at radius 1 is 1.08 bits per heavy atom. The quantitative estimate of drug-likeness (QED) is 0.591. The molecule has 0 spiro atoms. The summed E-state index contributed by atoms with van der Waals surface area (Å²) >= 11 is 0. The van der Waals surface area contributed by atoms with Crippen LogP contribution in [0.1, 0.15) is 16.7 Å². The largest absolute Gasteiger partial charge is 0.497 e. The molecule has 0 unspecified atom stereocenters. The van der Waals surface area contributed by atoms with E-state index in [0.717, 1.165) is 28.2 Å². The second kappa shape index (κ2) is 9.44. The van der Waals surface area contributed by atoms with Crippen LogP contribution in [0.5, 0.6) is 11.5 Å². The van der Waals surface area contributed by atoms with Crippen molar-refractivity contribution >= 4 is 12.1 Å². The van der Waals surface area contributed by atoms with E-state index in [2.05, 4.69) is 10.5 Å². The first kappa shape index (κ1) is 18.5. The maximum Gasteiger partial charge on any atom is 0.244 e. The van der Waals surface area contributed by atoms with Crippen molar-refractivity contribution in [1.29, 1.82) is 0 Å². The van der Waals surface area contributed by atoms with Crippen LogP contribution in [0.4, 0.5) is 0 Å². The average Bonchev–Trinajstić information content (AvgIpc) is 2.63. The zero-order valence-electron chi connectivity index (χ0n) is 14.6. The van der Waals surface area contributed by atoms with Crippen LogP contribution < -0.4 is 14.9 Å². The van der Waals surface area contributed by atoms with Gasteiger partial charge >= 0.3 is 0 Å². The van der Waals surface area contributed by atoms with Gasteiger partial charge in [-0.05, 0) is 41.5 Å². The van der Waals surface area contributed by atoms with E-state index >= 15 is 0 Å². The molecule has 6 nitrogen and oxygen atoms in total. The molecule has 0 aliphatic rings. The van der Waals surface area contributed by atoms with E-state index in [1.54, 1.807) is 27.5 Å². The molecule has 1 N–H and O–H groups in total. The van der Waals surface area contributed by atoms with E-state index in [1.807, 2.05) is 42.5 Å². The molecule has 2 aromatic rings. The van der Waals surface area contributed by atoms with Crippen LogP contribution >= 0.6 is 0 Å². The number of hydrogen-bond acceptors (Lipinski definition) is 5. The maximum absolute atomic E-state index is 11.9. The van der Waals surface area contributed by atoms with Gasteiger partial charge in [-0.1, -0.05) is 12.1 Å². The van der Waals surface area contributed by atoms with Gasteiger partial charge < -0.3 is 14.2 Å². The van der Waals surface area contributed by atoms with Gasteiger partial charge in [0.2, 0.25) is 5.91 Å². The second-order valence-electron chi connectivity index (χ2n) is 5.32. The lowest BCUT2D eigenvalue weighted by Gasteiger charge is -2.08. The van der Waals surface area contributed by atoms with E-state index in [-0.39, 0.29) is 12.3 Å². The fourth-order valence-corrected chi connectivity index (χ4v) is 2.29. The Morgan fingerprint density at radius 2 is 1.84 bits per heavy atom. The summed E-state index contributed by atoms with van der Waals surface area (Å²) in [5.41, 5.74) is 5.17. The van der Waals surface area contributed by atoms with Crippen LogP contribution in [0.25, 0.3) is 0 Å². The lowest BCUT2D eigenvalue weighted by molar-refractivity contribution is -0.120. The van der Waals surface area contributed by atoms with Crippen molar-refractivity contribution in [3.63, 3.8) is 0 Å². The molecule has 25 heavy (non-hydrogen) atoms. The van der Waals surface area contributed by atoms with Gasteiger partial charge in [-0.15, -0.1) is 0 Å². The van der Waals surface area contributed by atoms with E-state index in [1.165, 1.54) is 0 Å².